The van der Waals surface area contributed by atoms with E-state index in [2.05, 4.69) is 13.8 Å². The highest BCUT2D eigenvalue weighted by atomic mass is 16.3. The van der Waals surface area contributed by atoms with E-state index in [4.69, 9.17) is 10.8 Å². The van der Waals surface area contributed by atoms with E-state index in [0.717, 1.165) is 0 Å². The minimum absolute atomic E-state index is 0.251. The van der Waals surface area contributed by atoms with Gasteiger partial charge < -0.3 is 10.8 Å². The van der Waals surface area contributed by atoms with E-state index in [1.807, 2.05) is 0 Å². The minimum Gasteiger partial charge on any atom is -0.396 e. The summed E-state index contributed by atoms with van der Waals surface area (Å²) < 4.78 is 0. The second-order valence-corrected chi connectivity index (χ2v) is 3.52. The summed E-state index contributed by atoms with van der Waals surface area (Å²) in [6.45, 7) is 5.25. The SMILES string of the molecule is CCCC(CCC)C(CN)CO. The maximum Gasteiger partial charge on any atom is 0.0473 e. The van der Waals surface area contributed by atoms with Gasteiger partial charge in [0.1, 0.15) is 0 Å². The molecule has 0 aromatic heterocycles. The van der Waals surface area contributed by atoms with Crippen molar-refractivity contribution in [3.8, 4) is 0 Å². The summed E-state index contributed by atoms with van der Waals surface area (Å²) in [6.07, 6.45) is 4.80. The van der Waals surface area contributed by atoms with Gasteiger partial charge in [-0.3, -0.25) is 0 Å². The fourth-order valence-electron chi connectivity index (χ4n) is 1.77. The highest BCUT2D eigenvalue weighted by Crippen LogP contribution is 2.21. The van der Waals surface area contributed by atoms with E-state index in [9.17, 15) is 0 Å². The molecule has 0 bridgehead atoms. The first-order valence-electron chi connectivity index (χ1n) is 5.11. The number of aliphatic hydroxyl groups is 1. The van der Waals surface area contributed by atoms with Crippen LogP contribution in [0.15, 0.2) is 0 Å². The summed E-state index contributed by atoms with van der Waals surface area (Å²) in [4.78, 5) is 0. The molecule has 74 valence electrons. The van der Waals surface area contributed by atoms with E-state index in [-0.39, 0.29) is 6.61 Å². The van der Waals surface area contributed by atoms with Crippen molar-refractivity contribution in [1.29, 1.82) is 0 Å². The molecule has 0 heterocycles. The zero-order valence-electron chi connectivity index (χ0n) is 8.42. The molecule has 0 saturated heterocycles. The summed E-state index contributed by atoms with van der Waals surface area (Å²) >= 11 is 0. The number of nitrogens with two attached hydrogens (primary N) is 1. The molecule has 2 heteroatoms. The summed E-state index contributed by atoms with van der Waals surface area (Å²) in [5.41, 5.74) is 5.58. The van der Waals surface area contributed by atoms with E-state index in [1.54, 1.807) is 0 Å². The van der Waals surface area contributed by atoms with Crippen molar-refractivity contribution in [3.05, 3.63) is 0 Å². The first-order valence-corrected chi connectivity index (χ1v) is 5.11. The summed E-state index contributed by atoms with van der Waals surface area (Å²) in [6, 6.07) is 0. The van der Waals surface area contributed by atoms with Crippen molar-refractivity contribution in [2.45, 2.75) is 39.5 Å². The van der Waals surface area contributed by atoms with Crippen LogP contribution in [0.4, 0.5) is 0 Å². The summed E-state index contributed by atoms with van der Waals surface area (Å²) in [7, 11) is 0. The number of rotatable bonds is 7. The van der Waals surface area contributed by atoms with Crippen LogP contribution in [0.1, 0.15) is 39.5 Å². The normalized spacial score (nSPS) is 13.8. The third-order valence-electron chi connectivity index (χ3n) is 2.52. The van der Waals surface area contributed by atoms with Gasteiger partial charge in [-0.15, -0.1) is 0 Å². The highest BCUT2D eigenvalue weighted by molar-refractivity contribution is 4.69. The van der Waals surface area contributed by atoms with Crippen LogP contribution >= 0.6 is 0 Å². The van der Waals surface area contributed by atoms with Crippen molar-refractivity contribution in [2.75, 3.05) is 13.2 Å². The lowest BCUT2D eigenvalue weighted by atomic mass is 9.85. The molecule has 0 radical (unpaired) electrons. The molecular formula is C10H23NO. The average molecular weight is 173 g/mol. The number of hydrogen-bond donors (Lipinski definition) is 2. The quantitative estimate of drug-likeness (QED) is 0.616. The van der Waals surface area contributed by atoms with Gasteiger partial charge in [0.2, 0.25) is 0 Å². The van der Waals surface area contributed by atoms with Gasteiger partial charge in [0.25, 0.3) is 0 Å². The maximum absolute atomic E-state index is 9.07. The van der Waals surface area contributed by atoms with Gasteiger partial charge in [0.05, 0.1) is 0 Å². The first-order chi connectivity index (χ1) is 5.79. The Hall–Kier alpha value is -0.0800. The van der Waals surface area contributed by atoms with Crippen LogP contribution in [0.3, 0.4) is 0 Å². The summed E-state index contributed by atoms with van der Waals surface area (Å²) in [5.74, 6) is 0.958. The first kappa shape index (κ1) is 11.9. The fraction of sp³-hybridized carbons (Fsp3) is 1.00. The van der Waals surface area contributed by atoms with Gasteiger partial charge in [-0.05, 0) is 18.4 Å². The Kier molecular flexibility index (Phi) is 7.51. The Morgan fingerprint density at radius 1 is 1.08 bits per heavy atom. The molecule has 3 N–H and O–H groups in total. The number of aliphatic hydroxyl groups excluding tert-OH is 1. The largest absolute Gasteiger partial charge is 0.396 e. The van der Waals surface area contributed by atoms with Crippen LogP contribution in [0.25, 0.3) is 0 Å². The molecule has 1 unspecified atom stereocenters. The van der Waals surface area contributed by atoms with Crippen LogP contribution in [-0.4, -0.2) is 18.3 Å². The molecule has 0 aliphatic rings. The third kappa shape index (κ3) is 4.07. The Balaban J connectivity index is 3.86. The third-order valence-corrected chi connectivity index (χ3v) is 2.52. The molecular weight excluding hydrogens is 150 g/mol. The van der Waals surface area contributed by atoms with Gasteiger partial charge in [0, 0.05) is 6.61 Å². The van der Waals surface area contributed by atoms with Crippen molar-refractivity contribution in [3.63, 3.8) is 0 Å². The molecule has 0 fully saturated rings. The van der Waals surface area contributed by atoms with E-state index in [1.165, 1.54) is 25.7 Å². The maximum atomic E-state index is 9.07. The predicted molar refractivity (Wildman–Crippen MR) is 52.9 cm³/mol. The van der Waals surface area contributed by atoms with E-state index < -0.39 is 0 Å². The molecule has 0 spiro atoms. The molecule has 12 heavy (non-hydrogen) atoms. The van der Waals surface area contributed by atoms with Crippen molar-refractivity contribution in [2.24, 2.45) is 17.6 Å². The van der Waals surface area contributed by atoms with E-state index >= 15 is 0 Å². The van der Waals surface area contributed by atoms with Gasteiger partial charge in [-0.25, -0.2) is 0 Å². The lowest BCUT2D eigenvalue weighted by Gasteiger charge is -2.23. The minimum atomic E-state index is 0.251. The molecule has 0 aliphatic heterocycles. The van der Waals surface area contributed by atoms with Gasteiger partial charge in [-0.1, -0.05) is 39.5 Å². The number of hydrogen-bond acceptors (Lipinski definition) is 2. The predicted octanol–water partition coefficient (Wildman–Crippen LogP) is 1.77. The standard InChI is InChI=1S/C10H23NO/c1-3-5-9(6-4-2)10(7-11)8-12/h9-10,12H,3-8,11H2,1-2H3. The second kappa shape index (κ2) is 7.56. The molecule has 0 amide bonds. The molecule has 0 saturated carbocycles. The van der Waals surface area contributed by atoms with Gasteiger partial charge in [0.15, 0.2) is 0 Å². The van der Waals surface area contributed by atoms with Gasteiger partial charge in [-0.2, -0.15) is 0 Å². The Morgan fingerprint density at radius 3 is 1.83 bits per heavy atom. The van der Waals surface area contributed by atoms with Crippen molar-refractivity contribution >= 4 is 0 Å². The average Bonchev–Trinajstić information content (AvgIpc) is 2.07. The molecule has 2 nitrogen and oxygen atoms in total. The van der Waals surface area contributed by atoms with Crippen LogP contribution < -0.4 is 5.73 Å². The van der Waals surface area contributed by atoms with Crippen molar-refractivity contribution in [1.82, 2.24) is 0 Å². The Bertz CT molecular complexity index is 85.8. The smallest absolute Gasteiger partial charge is 0.0473 e. The van der Waals surface area contributed by atoms with Crippen LogP contribution in [0.2, 0.25) is 0 Å². The van der Waals surface area contributed by atoms with Gasteiger partial charge >= 0.3 is 0 Å². The summed E-state index contributed by atoms with van der Waals surface area (Å²) in [5, 5.41) is 9.07. The topological polar surface area (TPSA) is 46.2 Å². The molecule has 1 atom stereocenters. The molecule has 0 rings (SSSR count). The zero-order valence-corrected chi connectivity index (χ0v) is 8.42. The van der Waals surface area contributed by atoms with Crippen LogP contribution in [0, 0.1) is 11.8 Å². The lowest BCUT2D eigenvalue weighted by molar-refractivity contribution is 0.166. The molecule has 0 aromatic carbocycles. The van der Waals surface area contributed by atoms with Crippen LogP contribution in [0.5, 0.6) is 0 Å². The molecule has 0 aromatic rings. The fourth-order valence-corrected chi connectivity index (χ4v) is 1.77. The second-order valence-electron chi connectivity index (χ2n) is 3.52. The van der Waals surface area contributed by atoms with Crippen LogP contribution in [-0.2, 0) is 0 Å². The zero-order chi connectivity index (χ0) is 9.40. The Labute approximate surface area is 76.2 Å². The van der Waals surface area contributed by atoms with E-state index in [0.29, 0.717) is 18.4 Å². The monoisotopic (exact) mass is 173 g/mol. The lowest BCUT2D eigenvalue weighted by Crippen LogP contribution is -2.26. The Morgan fingerprint density at radius 2 is 1.58 bits per heavy atom. The molecule has 0 aliphatic carbocycles. The van der Waals surface area contributed by atoms with Crippen molar-refractivity contribution < 1.29 is 5.11 Å². The highest BCUT2D eigenvalue weighted by Gasteiger charge is 2.17.